The van der Waals surface area contributed by atoms with Gasteiger partial charge in [-0.15, -0.1) is 0 Å². The third-order valence-corrected chi connectivity index (χ3v) is 4.06. The number of carbonyl (C=O) groups is 1. The fourth-order valence-electron chi connectivity index (χ4n) is 3.10. The Hall–Kier alpha value is -2.29. The molecule has 0 fully saturated rings. The molecule has 0 saturated carbocycles. The van der Waals surface area contributed by atoms with Crippen LogP contribution in [-0.2, 0) is 10.2 Å². The molecule has 94 valence electrons. The van der Waals surface area contributed by atoms with E-state index in [0.29, 0.717) is 6.61 Å². The van der Waals surface area contributed by atoms with Crippen molar-refractivity contribution in [1.82, 2.24) is 0 Å². The summed E-state index contributed by atoms with van der Waals surface area (Å²) in [4.78, 5) is 12.5. The van der Waals surface area contributed by atoms with Gasteiger partial charge in [0.05, 0.1) is 0 Å². The first-order valence-electron chi connectivity index (χ1n) is 6.37. The van der Waals surface area contributed by atoms with Crippen LogP contribution in [-0.4, -0.2) is 12.5 Å². The molecule has 2 aliphatic rings. The summed E-state index contributed by atoms with van der Waals surface area (Å²) in [6, 6.07) is 13.9. The highest BCUT2D eigenvalue weighted by molar-refractivity contribution is 6.09. The van der Waals surface area contributed by atoms with E-state index in [1.54, 1.807) is 0 Å². The van der Waals surface area contributed by atoms with Crippen LogP contribution in [0.25, 0.3) is 0 Å². The second-order valence-electron chi connectivity index (χ2n) is 5.19. The molecule has 0 unspecified atom stereocenters. The van der Waals surface area contributed by atoms with Crippen molar-refractivity contribution in [3.05, 3.63) is 59.2 Å². The van der Waals surface area contributed by atoms with Gasteiger partial charge in [-0.05, 0) is 30.2 Å². The molecule has 2 aliphatic heterocycles. The first-order valence-corrected chi connectivity index (χ1v) is 6.37. The van der Waals surface area contributed by atoms with Crippen molar-refractivity contribution in [3.63, 3.8) is 0 Å². The number of carbonyl (C=O) groups excluding carboxylic acids is 1. The Kier molecular flexibility index (Phi) is 1.89. The van der Waals surface area contributed by atoms with E-state index in [2.05, 4.69) is 5.32 Å². The number of rotatable bonds is 0. The van der Waals surface area contributed by atoms with Crippen LogP contribution in [0, 0.1) is 6.92 Å². The number of hydrogen-bond acceptors (Lipinski definition) is 2. The maximum Gasteiger partial charge on any atom is 0.243 e. The van der Waals surface area contributed by atoms with Crippen molar-refractivity contribution in [2.75, 3.05) is 11.9 Å². The summed E-state index contributed by atoms with van der Waals surface area (Å²) in [6.45, 7) is 2.41. The minimum Gasteiger partial charge on any atom is -0.491 e. The zero-order chi connectivity index (χ0) is 13.0. The lowest BCUT2D eigenvalue weighted by molar-refractivity contribution is -0.119. The molecule has 1 amide bonds. The Morgan fingerprint density at radius 2 is 2.00 bits per heavy atom. The molecule has 2 aromatic rings. The number of nitrogens with one attached hydrogen (secondary N) is 1. The highest BCUT2D eigenvalue weighted by Crippen LogP contribution is 2.49. The number of ether oxygens (including phenoxy) is 1. The number of benzene rings is 2. The molecular formula is C16H13NO2. The quantitative estimate of drug-likeness (QED) is 0.781. The second kappa shape index (κ2) is 3.38. The van der Waals surface area contributed by atoms with Crippen LogP contribution in [0.4, 0.5) is 5.69 Å². The molecule has 2 heterocycles. The maximum atomic E-state index is 12.5. The molecule has 4 rings (SSSR count). The minimum absolute atomic E-state index is 0.0121. The average molecular weight is 251 g/mol. The number of fused-ring (bicyclic) bond motifs is 4. The lowest BCUT2D eigenvalue weighted by atomic mass is 9.77. The molecule has 2 aromatic carbocycles. The summed E-state index contributed by atoms with van der Waals surface area (Å²) in [7, 11) is 0. The molecule has 0 aliphatic carbocycles. The van der Waals surface area contributed by atoms with Crippen LogP contribution in [0.15, 0.2) is 42.5 Å². The van der Waals surface area contributed by atoms with Gasteiger partial charge in [-0.25, -0.2) is 0 Å². The van der Waals surface area contributed by atoms with Crippen molar-refractivity contribution in [3.8, 4) is 5.75 Å². The van der Waals surface area contributed by atoms with Gasteiger partial charge in [0, 0.05) is 11.3 Å². The molecule has 1 atom stereocenters. The minimum atomic E-state index is -0.667. The smallest absolute Gasteiger partial charge is 0.243 e. The number of para-hydroxylation sites is 1. The third kappa shape index (κ3) is 1.19. The molecule has 1 N–H and O–H groups in total. The van der Waals surface area contributed by atoms with Crippen LogP contribution < -0.4 is 10.1 Å². The fraction of sp³-hybridized carbons (Fsp3) is 0.188. The van der Waals surface area contributed by atoms with Crippen molar-refractivity contribution in [2.24, 2.45) is 0 Å². The van der Waals surface area contributed by atoms with Crippen molar-refractivity contribution >= 4 is 11.6 Å². The van der Waals surface area contributed by atoms with E-state index in [4.69, 9.17) is 4.74 Å². The fourth-order valence-corrected chi connectivity index (χ4v) is 3.10. The Morgan fingerprint density at radius 3 is 2.89 bits per heavy atom. The zero-order valence-corrected chi connectivity index (χ0v) is 10.6. The monoisotopic (exact) mass is 251 g/mol. The van der Waals surface area contributed by atoms with E-state index >= 15 is 0 Å². The SMILES string of the molecule is Cc1ccc2c(c1)NC(=O)[C@@]21COc2ccccc21. The summed E-state index contributed by atoms with van der Waals surface area (Å²) >= 11 is 0. The van der Waals surface area contributed by atoms with Crippen molar-refractivity contribution < 1.29 is 9.53 Å². The number of amides is 1. The number of anilines is 1. The Labute approximate surface area is 111 Å². The summed E-state index contributed by atoms with van der Waals surface area (Å²) in [5.41, 5.74) is 3.37. The maximum absolute atomic E-state index is 12.5. The van der Waals surface area contributed by atoms with E-state index in [1.165, 1.54) is 0 Å². The van der Waals surface area contributed by atoms with Gasteiger partial charge in [0.25, 0.3) is 0 Å². The van der Waals surface area contributed by atoms with Gasteiger partial charge in [0.15, 0.2) is 0 Å². The molecule has 3 heteroatoms. The summed E-state index contributed by atoms with van der Waals surface area (Å²) < 4.78 is 5.73. The van der Waals surface area contributed by atoms with Crippen molar-refractivity contribution in [1.29, 1.82) is 0 Å². The highest BCUT2D eigenvalue weighted by atomic mass is 16.5. The Morgan fingerprint density at radius 1 is 1.16 bits per heavy atom. The Balaban J connectivity index is 2.01. The van der Waals surface area contributed by atoms with E-state index in [0.717, 1.165) is 28.1 Å². The topological polar surface area (TPSA) is 38.3 Å². The van der Waals surface area contributed by atoms with Gasteiger partial charge < -0.3 is 10.1 Å². The summed E-state index contributed by atoms with van der Waals surface area (Å²) in [5.74, 6) is 0.823. The second-order valence-corrected chi connectivity index (χ2v) is 5.19. The normalized spacial score (nSPS) is 22.9. The van der Waals surface area contributed by atoms with Gasteiger partial charge in [0.1, 0.15) is 17.8 Å². The Bertz CT molecular complexity index is 708. The molecule has 0 bridgehead atoms. The molecule has 19 heavy (non-hydrogen) atoms. The van der Waals surface area contributed by atoms with Crippen LogP contribution >= 0.6 is 0 Å². The third-order valence-electron chi connectivity index (χ3n) is 4.06. The highest BCUT2D eigenvalue weighted by Gasteiger charge is 2.53. The van der Waals surface area contributed by atoms with E-state index < -0.39 is 5.41 Å². The first kappa shape index (κ1) is 10.6. The van der Waals surface area contributed by atoms with E-state index in [9.17, 15) is 4.79 Å². The molecule has 1 spiro atoms. The van der Waals surface area contributed by atoms with Gasteiger partial charge >= 0.3 is 0 Å². The zero-order valence-electron chi connectivity index (χ0n) is 10.6. The average Bonchev–Trinajstić information content (AvgIpc) is 2.91. The van der Waals surface area contributed by atoms with Crippen LogP contribution in [0.2, 0.25) is 0 Å². The molecule has 0 aromatic heterocycles. The van der Waals surface area contributed by atoms with E-state index in [1.807, 2.05) is 49.4 Å². The number of hydrogen-bond donors (Lipinski definition) is 1. The molecular weight excluding hydrogens is 238 g/mol. The van der Waals surface area contributed by atoms with Gasteiger partial charge in [-0.1, -0.05) is 30.3 Å². The molecule has 0 radical (unpaired) electrons. The van der Waals surface area contributed by atoms with Crippen LogP contribution in [0.1, 0.15) is 16.7 Å². The van der Waals surface area contributed by atoms with Crippen LogP contribution in [0.5, 0.6) is 5.75 Å². The van der Waals surface area contributed by atoms with Crippen LogP contribution in [0.3, 0.4) is 0 Å². The standard InChI is InChI=1S/C16H13NO2/c1-10-6-7-11-13(8-10)17-15(18)16(11)9-19-14-5-3-2-4-12(14)16/h2-8H,9H2,1H3,(H,17,18)/t16-/m0/s1. The predicted molar refractivity (Wildman–Crippen MR) is 72.5 cm³/mol. The predicted octanol–water partition coefficient (Wildman–Crippen LogP) is 2.63. The lowest BCUT2D eigenvalue weighted by Gasteiger charge is -2.19. The van der Waals surface area contributed by atoms with Gasteiger partial charge in [-0.2, -0.15) is 0 Å². The lowest BCUT2D eigenvalue weighted by Crippen LogP contribution is -2.37. The largest absolute Gasteiger partial charge is 0.491 e. The summed E-state index contributed by atoms with van der Waals surface area (Å²) in [5, 5.41) is 2.99. The summed E-state index contributed by atoms with van der Waals surface area (Å²) in [6.07, 6.45) is 0. The number of aryl methyl sites for hydroxylation is 1. The molecule has 0 saturated heterocycles. The molecule has 3 nitrogen and oxygen atoms in total. The van der Waals surface area contributed by atoms with E-state index in [-0.39, 0.29) is 5.91 Å². The first-order chi connectivity index (χ1) is 9.22. The van der Waals surface area contributed by atoms with Crippen molar-refractivity contribution in [2.45, 2.75) is 12.3 Å². The van der Waals surface area contributed by atoms with Gasteiger partial charge in [-0.3, -0.25) is 4.79 Å². The van der Waals surface area contributed by atoms with Gasteiger partial charge in [0.2, 0.25) is 5.91 Å².